The number of carbonyl (C=O) groups excluding carboxylic acids is 2. The van der Waals surface area contributed by atoms with Crippen molar-refractivity contribution in [3.8, 4) is 0 Å². The maximum absolute atomic E-state index is 13.1. The van der Waals surface area contributed by atoms with Gasteiger partial charge in [-0.2, -0.15) is 0 Å². The second-order valence-corrected chi connectivity index (χ2v) is 10.4. The van der Waals surface area contributed by atoms with Crippen molar-refractivity contribution >= 4 is 34.1 Å². The molecule has 4 rings (SSSR count). The molecule has 0 aliphatic rings. The number of aromatic nitrogens is 3. The van der Waals surface area contributed by atoms with Gasteiger partial charge in [-0.3, -0.25) is 9.59 Å². The van der Waals surface area contributed by atoms with Gasteiger partial charge < -0.3 is 32.1 Å². The molecule has 37 heavy (non-hydrogen) atoms. The summed E-state index contributed by atoms with van der Waals surface area (Å²) in [5.41, 5.74) is 14.6. The average Bonchev–Trinajstić information content (AvgIpc) is 3.66. The average molecular weight is 522 g/mol. The smallest absolute Gasteiger partial charge is 0.242 e. The molecule has 196 valence electrons. The van der Waals surface area contributed by atoms with Gasteiger partial charge in [0.05, 0.1) is 12.4 Å². The molecular weight excluding hydrogens is 486 g/mol. The molecule has 0 aliphatic carbocycles. The second-order valence-electron chi connectivity index (χ2n) is 9.17. The fraction of sp³-hybridized carbons (Fsp3) is 0.370. The molecule has 1 aromatic carbocycles. The Hall–Kier alpha value is -3.47. The highest BCUT2D eigenvalue weighted by Gasteiger charge is 2.25. The van der Waals surface area contributed by atoms with Crippen molar-refractivity contribution in [2.75, 3.05) is 13.1 Å². The number of benzene rings is 1. The van der Waals surface area contributed by atoms with Crippen LogP contribution in [0, 0.1) is 0 Å². The number of imidazole rings is 1. The zero-order chi connectivity index (χ0) is 26.0. The summed E-state index contributed by atoms with van der Waals surface area (Å²) in [5, 5.41) is 6.87. The largest absolute Gasteiger partial charge is 0.361 e. The van der Waals surface area contributed by atoms with Crippen LogP contribution in [0.15, 0.2) is 55.1 Å². The van der Waals surface area contributed by atoms with Crippen molar-refractivity contribution in [2.45, 2.75) is 50.6 Å². The molecule has 0 radical (unpaired) electrons. The van der Waals surface area contributed by atoms with Gasteiger partial charge >= 0.3 is 0 Å². The van der Waals surface area contributed by atoms with Crippen LogP contribution in [-0.4, -0.2) is 51.9 Å². The molecule has 0 bridgehead atoms. The molecule has 2 amide bonds. The Morgan fingerprint density at radius 3 is 2.59 bits per heavy atom. The SMILES string of the molecule is NCCCCc1ccc(CCNC(=O)[C@H](Cc2cnc[nH]2)NC(=O)[C@@H](N)Cc2c[nH]c3ccccc23)s1. The van der Waals surface area contributed by atoms with Crippen LogP contribution in [0.3, 0.4) is 0 Å². The van der Waals surface area contributed by atoms with Crippen LogP contribution in [0.2, 0.25) is 0 Å². The van der Waals surface area contributed by atoms with E-state index in [9.17, 15) is 9.59 Å². The van der Waals surface area contributed by atoms with E-state index in [1.54, 1.807) is 23.9 Å². The summed E-state index contributed by atoms with van der Waals surface area (Å²) < 4.78 is 0. The number of nitrogens with two attached hydrogens (primary N) is 2. The van der Waals surface area contributed by atoms with E-state index in [-0.39, 0.29) is 11.8 Å². The van der Waals surface area contributed by atoms with Crippen LogP contribution in [0.1, 0.15) is 33.9 Å². The Kier molecular flexibility index (Phi) is 9.47. The molecule has 9 nitrogen and oxygen atoms in total. The zero-order valence-electron chi connectivity index (χ0n) is 20.8. The number of carbonyl (C=O) groups is 2. The van der Waals surface area contributed by atoms with Gasteiger partial charge in [0.2, 0.25) is 11.8 Å². The number of fused-ring (bicyclic) bond motifs is 1. The molecule has 0 saturated heterocycles. The summed E-state index contributed by atoms with van der Waals surface area (Å²) in [6, 6.07) is 10.6. The number of nitrogens with one attached hydrogen (secondary N) is 4. The van der Waals surface area contributed by atoms with Crippen LogP contribution in [0.5, 0.6) is 0 Å². The molecule has 0 fully saturated rings. The molecule has 10 heteroatoms. The minimum absolute atomic E-state index is 0.248. The summed E-state index contributed by atoms with van der Waals surface area (Å²) >= 11 is 1.77. The van der Waals surface area contributed by atoms with Crippen molar-refractivity contribution in [3.63, 3.8) is 0 Å². The van der Waals surface area contributed by atoms with Gasteiger partial charge in [0.1, 0.15) is 6.04 Å². The Morgan fingerprint density at radius 2 is 1.81 bits per heavy atom. The van der Waals surface area contributed by atoms with Gasteiger partial charge in [-0.05, 0) is 62.4 Å². The van der Waals surface area contributed by atoms with E-state index >= 15 is 0 Å². The highest BCUT2D eigenvalue weighted by Crippen LogP contribution is 2.20. The fourth-order valence-electron chi connectivity index (χ4n) is 4.30. The Bertz CT molecular complexity index is 1280. The maximum atomic E-state index is 13.1. The lowest BCUT2D eigenvalue weighted by molar-refractivity contribution is -0.129. The molecule has 2 atom stereocenters. The van der Waals surface area contributed by atoms with Gasteiger partial charge in [0.25, 0.3) is 0 Å². The van der Waals surface area contributed by atoms with Crippen LogP contribution in [-0.2, 0) is 35.3 Å². The van der Waals surface area contributed by atoms with Crippen LogP contribution in [0.4, 0.5) is 0 Å². The third-order valence-corrected chi connectivity index (χ3v) is 7.53. The molecule has 0 unspecified atom stereocenters. The van der Waals surface area contributed by atoms with E-state index in [0.717, 1.165) is 47.8 Å². The van der Waals surface area contributed by atoms with E-state index in [2.05, 4.69) is 37.7 Å². The van der Waals surface area contributed by atoms with Crippen molar-refractivity contribution in [1.29, 1.82) is 0 Å². The third-order valence-electron chi connectivity index (χ3n) is 6.33. The topological polar surface area (TPSA) is 155 Å². The van der Waals surface area contributed by atoms with Crippen molar-refractivity contribution < 1.29 is 9.59 Å². The second kappa shape index (κ2) is 13.2. The number of unbranched alkanes of at least 4 members (excludes halogenated alkanes) is 1. The first-order valence-electron chi connectivity index (χ1n) is 12.7. The summed E-state index contributed by atoms with van der Waals surface area (Å²) in [4.78, 5) is 38.9. The number of aryl methyl sites for hydroxylation is 1. The quantitative estimate of drug-likeness (QED) is 0.140. The highest BCUT2D eigenvalue weighted by atomic mass is 32.1. The number of amides is 2. The first-order valence-corrected chi connectivity index (χ1v) is 13.5. The maximum Gasteiger partial charge on any atom is 0.242 e. The normalized spacial score (nSPS) is 12.9. The van der Waals surface area contributed by atoms with E-state index in [0.29, 0.717) is 25.9 Å². The van der Waals surface area contributed by atoms with Crippen molar-refractivity contribution in [2.24, 2.45) is 11.5 Å². The summed E-state index contributed by atoms with van der Waals surface area (Å²) in [6.07, 6.45) is 9.61. The fourth-order valence-corrected chi connectivity index (χ4v) is 5.36. The van der Waals surface area contributed by atoms with Gasteiger partial charge in [0.15, 0.2) is 0 Å². The van der Waals surface area contributed by atoms with Gasteiger partial charge in [0, 0.05) is 51.7 Å². The molecule has 0 saturated carbocycles. The minimum atomic E-state index is -0.792. The van der Waals surface area contributed by atoms with Gasteiger partial charge in [-0.25, -0.2) is 4.98 Å². The van der Waals surface area contributed by atoms with E-state index < -0.39 is 12.1 Å². The molecule has 3 heterocycles. The van der Waals surface area contributed by atoms with Crippen molar-refractivity contribution in [3.05, 3.63) is 76.1 Å². The number of thiophene rings is 1. The lowest BCUT2D eigenvalue weighted by Gasteiger charge is -2.20. The van der Waals surface area contributed by atoms with Crippen molar-refractivity contribution in [1.82, 2.24) is 25.6 Å². The number of rotatable bonds is 14. The Labute approximate surface area is 220 Å². The van der Waals surface area contributed by atoms with Crippen LogP contribution >= 0.6 is 11.3 Å². The van der Waals surface area contributed by atoms with E-state index in [1.165, 1.54) is 9.75 Å². The molecule has 3 aromatic heterocycles. The lowest BCUT2D eigenvalue weighted by Crippen LogP contribution is -2.53. The van der Waals surface area contributed by atoms with Gasteiger partial charge in [-0.1, -0.05) is 18.2 Å². The molecule has 0 aliphatic heterocycles. The number of aromatic amines is 2. The summed E-state index contributed by atoms with van der Waals surface area (Å²) in [7, 11) is 0. The van der Waals surface area contributed by atoms with Gasteiger partial charge in [-0.15, -0.1) is 11.3 Å². The number of H-pyrrole nitrogens is 2. The minimum Gasteiger partial charge on any atom is -0.361 e. The highest BCUT2D eigenvalue weighted by molar-refractivity contribution is 7.12. The Balaban J connectivity index is 1.32. The Morgan fingerprint density at radius 1 is 1.00 bits per heavy atom. The summed E-state index contributed by atoms with van der Waals surface area (Å²) in [6.45, 7) is 1.20. The number of hydrogen-bond donors (Lipinski definition) is 6. The monoisotopic (exact) mass is 521 g/mol. The molecular formula is C27H35N7O2S. The molecule has 0 spiro atoms. The predicted molar refractivity (Wildman–Crippen MR) is 147 cm³/mol. The number of nitrogens with zero attached hydrogens (tertiary/aromatic N) is 1. The predicted octanol–water partition coefficient (Wildman–Crippen LogP) is 2.19. The van der Waals surface area contributed by atoms with Crippen LogP contribution in [0.25, 0.3) is 10.9 Å². The molecule has 8 N–H and O–H groups in total. The van der Waals surface area contributed by atoms with E-state index in [4.69, 9.17) is 11.5 Å². The number of para-hydroxylation sites is 1. The summed E-state index contributed by atoms with van der Waals surface area (Å²) in [5.74, 6) is -0.618. The van der Waals surface area contributed by atoms with Crippen LogP contribution < -0.4 is 22.1 Å². The lowest BCUT2D eigenvalue weighted by atomic mass is 10.0. The van der Waals surface area contributed by atoms with E-state index in [1.807, 2.05) is 30.5 Å². The first kappa shape index (κ1) is 26.6. The third kappa shape index (κ3) is 7.51. The molecule has 4 aromatic rings. The zero-order valence-corrected chi connectivity index (χ0v) is 21.7. The standard InChI is InChI=1S/C27H35N7O2S/c28-11-4-3-5-20-8-9-21(37-20)10-12-31-27(36)25(14-19-16-30-17-33-19)34-26(35)23(29)13-18-15-32-24-7-2-1-6-22(18)24/h1-2,6-9,15-17,23,25,32H,3-5,10-14,28-29H2,(H,30,33)(H,31,36)(H,34,35)/t23-,25-/m0/s1. The number of hydrogen-bond acceptors (Lipinski definition) is 6. The first-order chi connectivity index (χ1) is 18.0.